The van der Waals surface area contributed by atoms with Crippen LogP contribution in [0.25, 0.3) is 10.8 Å². The Morgan fingerprint density at radius 3 is 2.71 bits per heavy atom. The van der Waals surface area contributed by atoms with E-state index < -0.39 is 0 Å². The van der Waals surface area contributed by atoms with Crippen LogP contribution >= 0.6 is 15.9 Å². The summed E-state index contributed by atoms with van der Waals surface area (Å²) in [5, 5.41) is 3.41. The van der Waals surface area contributed by atoms with E-state index in [9.17, 15) is 0 Å². The summed E-state index contributed by atoms with van der Waals surface area (Å²) in [4.78, 5) is 7.02. The lowest BCUT2D eigenvalue weighted by Crippen LogP contribution is -2.34. The summed E-state index contributed by atoms with van der Waals surface area (Å²) in [6.45, 7) is 2.44. The molecule has 0 bridgehead atoms. The summed E-state index contributed by atoms with van der Waals surface area (Å²) in [5.74, 6) is 3.51. The van der Waals surface area contributed by atoms with Crippen molar-refractivity contribution in [2.45, 2.75) is 12.8 Å². The smallest absolute Gasteiger partial charge is 0.231 e. The minimum atomic E-state index is 0.311. The van der Waals surface area contributed by atoms with E-state index in [4.69, 9.17) is 9.47 Å². The van der Waals surface area contributed by atoms with Crippen molar-refractivity contribution in [3.05, 3.63) is 24.4 Å². The van der Waals surface area contributed by atoms with Gasteiger partial charge in [-0.05, 0) is 42.3 Å². The SMILES string of the molecule is BrCC1CCN(c2nccc3cc4c(cc23)OCO4)CC1. The minimum Gasteiger partial charge on any atom is -0.454 e. The van der Waals surface area contributed by atoms with E-state index in [1.54, 1.807) is 0 Å². The van der Waals surface area contributed by atoms with Gasteiger partial charge >= 0.3 is 0 Å². The second kappa shape index (κ2) is 5.37. The van der Waals surface area contributed by atoms with Gasteiger partial charge in [-0.25, -0.2) is 4.98 Å². The van der Waals surface area contributed by atoms with Crippen LogP contribution in [0.15, 0.2) is 24.4 Å². The fourth-order valence-corrected chi connectivity index (χ4v) is 3.75. The average Bonchev–Trinajstić information content (AvgIpc) is 2.99. The van der Waals surface area contributed by atoms with Crippen LogP contribution in [-0.4, -0.2) is 30.2 Å². The first-order chi connectivity index (χ1) is 10.3. The number of halogens is 1. The third-order valence-electron chi connectivity index (χ3n) is 4.37. The maximum atomic E-state index is 5.51. The minimum absolute atomic E-state index is 0.311. The second-order valence-electron chi connectivity index (χ2n) is 5.65. The van der Waals surface area contributed by atoms with Crippen molar-refractivity contribution in [2.75, 3.05) is 30.1 Å². The zero-order valence-corrected chi connectivity index (χ0v) is 13.3. The molecule has 2 aliphatic rings. The Morgan fingerprint density at radius 1 is 1.19 bits per heavy atom. The fraction of sp³-hybridized carbons (Fsp3) is 0.438. The van der Waals surface area contributed by atoms with Crippen LogP contribution in [0.1, 0.15) is 12.8 Å². The van der Waals surface area contributed by atoms with Crippen LogP contribution in [0, 0.1) is 5.92 Å². The van der Waals surface area contributed by atoms with Crippen LogP contribution in [0.5, 0.6) is 11.5 Å². The number of anilines is 1. The van der Waals surface area contributed by atoms with Crippen LogP contribution < -0.4 is 14.4 Å². The van der Waals surface area contributed by atoms with Crippen molar-refractivity contribution in [2.24, 2.45) is 5.92 Å². The van der Waals surface area contributed by atoms with Gasteiger partial charge in [0.15, 0.2) is 11.5 Å². The van der Waals surface area contributed by atoms with Gasteiger partial charge in [0.2, 0.25) is 6.79 Å². The molecular weight excluding hydrogens is 332 g/mol. The molecule has 0 amide bonds. The standard InChI is InChI=1S/C16H17BrN2O2/c17-9-11-2-5-19(6-3-11)16-13-8-15-14(20-10-21-15)7-12(13)1-4-18-16/h1,4,7-8,11H,2-3,5-6,9-10H2. The zero-order chi connectivity index (χ0) is 14.2. The van der Waals surface area contributed by atoms with Gasteiger partial charge in [-0.1, -0.05) is 15.9 Å². The molecule has 5 heteroatoms. The topological polar surface area (TPSA) is 34.6 Å². The van der Waals surface area contributed by atoms with Crippen LogP contribution in [0.4, 0.5) is 5.82 Å². The molecule has 110 valence electrons. The normalized spacial score (nSPS) is 18.4. The lowest BCUT2D eigenvalue weighted by Gasteiger charge is -2.32. The van der Waals surface area contributed by atoms with E-state index in [2.05, 4.69) is 31.9 Å². The number of piperidine rings is 1. The van der Waals surface area contributed by atoms with Crippen molar-refractivity contribution < 1.29 is 9.47 Å². The monoisotopic (exact) mass is 348 g/mol. The molecule has 0 radical (unpaired) electrons. The molecule has 2 aromatic rings. The Labute approximate surface area is 132 Å². The number of pyridine rings is 1. The van der Waals surface area contributed by atoms with Crippen LogP contribution in [0.3, 0.4) is 0 Å². The molecule has 4 rings (SSSR count). The highest BCUT2D eigenvalue weighted by molar-refractivity contribution is 9.09. The lowest BCUT2D eigenvalue weighted by molar-refractivity contribution is 0.174. The first kappa shape index (κ1) is 13.2. The Balaban J connectivity index is 1.72. The highest BCUT2D eigenvalue weighted by atomic mass is 79.9. The van der Waals surface area contributed by atoms with Crippen molar-refractivity contribution in [3.8, 4) is 11.5 Å². The Bertz CT molecular complexity index is 669. The molecule has 4 nitrogen and oxygen atoms in total. The van der Waals surface area contributed by atoms with Gasteiger partial charge in [0.25, 0.3) is 0 Å². The number of rotatable bonds is 2. The molecule has 1 aromatic carbocycles. The quantitative estimate of drug-likeness (QED) is 0.777. The van der Waals surface area contributed by atoms with Gasteiger partial charge in [-0.15, -0.1) is 0 Å². The maximum Gasteiger partial charge on any atom is 0.231 e. The first-order valence-electron chi connectivity index (χ1n) is 7.34. The molecule has 1 fully saturated rings. The third kappa shape index (κ3) is 2.33. The van der Waals surface area contributed by atoms with Crippen molar-refractivity contribution in [1.82, 2.24) is 4.98 Å². The molecular formula is C16H17BrN2O2. The molecule has 21 heavy (non-hydrogen) atoms. The highest BCUT2D eigenvalue weighted by Gasteiger charge is 2.22. The second-order valence-corrected chi connectivity index (χ2v) is 6.29. The van der Waals surface area contributed by atoms with Gasteiger partial charge < -0.3 is 14.4 Å². The number of alkyl halides is 1. The number of fused-ring (bicyclic) bond motifs is 2. The van der Waals surface area contributed by atoms with E-state index >= 15 is 0 Å². The Hall–Kier alpha value is -1.49. The number of benzene rings is 1. The van der Waals surface area contributed by atoms with Crippen LogP contribution in [0.2, 0.25) is 0 Å². The molecule has 3 heterocycles. The summed E-state index contributed by atoms with van der Waals surface area (Å²) >= 11 is 3.60. The molecule has 2 aliphatic heterocycles. The van der Waals surface area contributed by atoms with E-state index in [1.165, 1.54) is 12.8 Å². The third-order valence-corrected chi connectivity index (χ3v) is 5.28. The predicted molar refractivity (Wildman–Crippen MR) is 86.6 cm³/mol. The molecule has 0 unspecified atom stereocenters. The zero-order valence-electron chi connectivity index (χ0n) is 11.7. The Kier molecular flexibility index (Phi) is 3.37. The summed E-state index contributed by atoms with van der Waals surface area (Å²) < 4.78 is 11.0. The Morgan fingerprint density at radius 2 is 1.95 bits per heavy atom. The van der Waals surface area contributed by atoms with E-state index in [0.29, 0.717) is 6.79 Å². The van der Waals surface area contributed by atoms with Crippen molar-refractivity contribution >= 4 is 32.5 Å². The van der Waals surface area contributed by atoms with Gasteiger partial charge in [0, 0.05) is 30.0 Å². The molecule has 0 atom stereocenters. The highest BCUT2D eigenvalue weighted by Crippen LogP contribution is 2.39. The summed E-state index contributed by atoms with van der Waals surface area (Å²) in [6.07, 6.45) is 4.32. The average molecular weight is 349 g/mol. The van der Waals surface area contributed by atoms with E-state index in [-0.39, 0.29) is 0 Å². The van der Waals surface area contributed by atoms with Gasteiger partial charge in [-0.3, -0.25) is 0 Å². The van der Waals surface area contributed by atoms with Crippen molar-refractivity contribution in [1.29, 1.82) is 0 Å². The lowest BCUT2D eigenvalue weighted by atomic mass is 9.98. The number of hydrogen-bond donors (Lipinski definition) is 0. The largest absolute Gasteiger partial charge is 0.454 e. The summed E-state index contributed by atoms with van der Waals surface area (Å²) in [7, 11) is 0. The molecule has 0 N–H and O–H groups in total. The maximum absolute atomic E-state index is 5.51. The number of ether oxygens (including phenoxy) is 2. The first-order valence-corrected chi connectivity index (χ1v) is 8.46. The van der Waals surface area contributed by atoms with Gasteiger partial charge in [0.05, 0.1) is 0 Å². The summed E-state index contributed by atoms with van der Waals surface area (Å²) in [5.41, 5.74) is 0. The molecule has 0 aliphatic carbocycles. The molecule has 1 aromatic heterocycles. The van der Waals surface area contributed by atoms with Gasteiger partial charge in [-0.2, -0.15) is 0 Å². The van der Waals surface area contributed by atoms with Crippen molar-refractivity contribution in [3.63, 3.8) is 0 Å². The van der Waals surface area contributed by atoms with E-state index in [1.807, 2.05) is 18.3 Å². The number of hydrogen-bond acceptors (Lipinski definition) is 4. The number of nitrogens with zero attached hydrogens (tertiary/aromatic N) is 2. The van der Waals surface area contributed by atoms with E-state index in [0.717, 1.165) is 52.4 Å². The molecule has 0 spiro atoms. The fourth-order valence-electron chi connectivity index (χ4n) is 3.10. The molecule has 0 saturated carbocycles. The van der Waals surface area contributed by atoms with Gasteiger partial charge in [0.1, 0.15) is 5.82 Å². The molecule has 1 saturated heterocycles. The predicted octanol–water partition coefficient (Wildman–Crippen LogP) is 3.57. The summed E-state index contributed by atoms with van der Waals surface area (Å²) in [6, 6.07) is 6.15. The van der Waals surface area contributed by atoms with Crippen LogP contribution in [-0.2, 0) is 0 Å². The number of aromatic nitrogens is 1.